The zero-order valence-corrected chi connectivity index (χ0v) is 15.3. The molecule has 6 nitrogen and oxygen atoms in total. The highest BCUT2D eigenvalue weighted by atomic mass is 32.1. The molecule has 0 aliphatic heterocycles. The monoisotopic (exact) mass is 354 g/mol. The molecule has 0 saturated heterocycles. The molecule has 2 aromatic heterocycles. The quantitative estimate of drug-likeness (QED) is 0.406. The molecule has 3 rings (SSSR count). The number of ether oxygens (including phenoxy) is 1. The van der Waals surface area contributed by atoms with Gasteiger partial charge in [0.15, 0.2) is 11.6 Å². The molecule has 0 amide bonds. The number of fused-ring (bicyclic) bond motifs is 1. The minimum Gasteiger partial charge on any atom is -0.465 e. The van der Waals surface area contributed by atoms with Gasteiger partial charge in [-0.15, -0.1) is 11.3 Å². The Labute approximate surface area is 149 Å². The Hall–Kier alpha value is -2.80. The van der Waals surface area contributed by atoms with Crippen molar-refractivity contribution < 1.29 is 9.53 Å². The van der Waals surface area contributed by atoms with Crippen LogP contribution in [0.15, 0.2) is 35.3 Å². The average molecular weight is 354 g/mol. The van der Waals surface area contributed by atoms with Gasteiger partial charge in [0.1, 0.15) is 9.71 Å². The Morgan fingerprint density at radius 1 is 1.24 bits per heavy atom. The van der Waals surface area contributed by atoms with Crippen molar-refractivity contribution in [1.82, 2.24) is 14.9 Å². The molecule has 3 aromatic rings. The van der Waals surface area contributed by atoms with E-state index >= 15 is 0 Å². The van der Waals surface area contributed by atoms with Crippen molar-refractivity contribution in [3.63, 3.8) is 0 Å². The van der Waals surface area contributed by atoms with Crippen LogP contribution in [0.3, 0.4) is 0 Å². The van der Waals surface area contributed by atoms with Gasteiger partial charge in [0.25, 0.3) is 0 Å². The fourth-order valence-electron chi connectivity index (χ4n) is 2.39. The molecule has 0 fully saturated rings. The Bertz CT molecular complexity index is 949. The van der Waals surface area contributed by atoms with Crippen LogP contribution in [-0.4, -0.2) is 48.4 Å². The first-order valence-corrected chi connectivity index (χ1v) is 8.48. The van der Waals surface area contributed by atoms with Crippen LogP contribution in [0.25, 0.3) is 21.6 Å². The number of carbonyl (C=O) groups is 1. The normalized spacial score (nSPS) is 11.2. The molecule has 0 unspecified atom stereocenters. The van der Waals surface area contributed by atoms with Gasteiger partial charge in [0.05, 0.1) is 18.8 Å². The molecule has 0 N–H and O–H groups in total. The predicted molar refractivity (Wildman–Crippen MR) is 101 cm³/mol. The number of benzene rings is 1. The number of esters is 1. The van der Waals surface area contributed by atoms with Crippen LogP contribution < -0.4 is 0 Å². The Morgan fingerprint density at radius 2 is 1.96 bits per heavy atom. The van der Waals surface area contributed by atoms with E-state index in [4.69, 9.17) is 4.74 Å². The van der Waals surface area contributed by atoms with E-state index in [2.05, 4.69) is 15.0 Å². The summed E-state index contributed by atoms with van der Waals surface area (Å²) in [5.74, 6) is 0.752. The second-order valence-electron chi connectivity index (χ2n) is 5.67. The van der Waals surface area contributed by atoms with Gasteiger partial charge in [-0.25, -0.2) is 19.8 Å². The second kappa shape index (κ2) is 6.98. The van der Waals surface area contributed by atoms with E-state index in [1.807, 2.05) is 56.3 Å². The summed E-state index contributed by atoms with van der Waals surface area (Å²) in [4.78, 5) is 28.9. The van der Waals surface area contributed by atoms with Gasteiger partial charge in [0.2, 0.25) is 0 Å². The van der Waals surface area contributed by atoms with Gasteiger partial charge in [-0.1, -0.05) is 30.3 Å². The Kier molecular flexibility index (Phi) is 4.76. The zero-order chi connectivity index (χ0) is 18.0. The van der Waals surface area contributed by atoms with E-state index in [9.17, 15) is 4.79 Å². The fraction of sp³-hybridized carbons (Fsp3) is 0.222. The van der Waals surface area contributed by atoms with Crippen molar-refractivity contribution in [3.8, 4) is 11.4 Å². The smallest absolute Gasteiger partial charge is 0.348 e. The third kappa shape index (κ3) is 3.36. The molecule has 2 heterocycles. The molecule has 1 aromatic carbocycles. The number of hydrogen-bond donors (Lipinski definition) is 0. The lowest BCUT2D eigenvalue weighted by Gasteiger charge is -2.06. The molecule has 7 heteroatoms. The highest BCUT2D eigenvalue weighted by molar-refractivity contribution is 7.20. The topological polar surface area (TPSA) is 67.7 Å². The van der Waals surface area contributed by atoms with Gasteiger partial charge in [-0.05, 0) is 12.5 Å². The first kappa shape index (κ1) is 17.0. The minimum atomic E-state index is -0.371. The molecule has 0 atom stereocenters. The van der Waals surface area contributed by atoms with Crippen molar-refractivity contribution >= 4 is 39.7 Å². The number of carbonyl (C=O) groups excluding carboxylic acids is 1. The van der Waals surface area contributed by atoms with Crippen molar-refractivity contribution in [1.29, 1.82) is 0 Å². The molecule has 0 bridgehead atoms. The van der Waals surface area contributed by atoms with Crippen molar-refractivity contribution in [2.45, 2.75) is 6.92 Å². The molecule has 0 saturated carbocycles. The largest absolute Gasteiger partial charge is 0.465 e. The molecule has 0 aliphatic carbocycles. The van der Waals surface area contributed by atoms with E-state index in [1.54, 1.807) is 6.34 Å². The molecule has 0 spiro atoms. The molecule has 128 valence electrons. The third-order valence-corrected chi connectivity index (χ3v) is 4.75. The first-order chi connectivity index (χ1) is 12.0. The van der Waals surface area contributed by atoms with E-state index in [-0.39, 0.29) is 5.97 Å². The maximum absolute atomic E-state index is 12.0. The lowest BCUT2D eigenvalue weighted by Crippen LogP contribution is -2.07. The van der Waals surface area contributed by atoms with E-state index in [0.29, 0.717) is 16.5 Å². The minimum absolute atomic E-state index is 0.371. The predicted octanol–water partition coefficient (Wildman–Crippen LogP) is 3.67. The molecular weight excluding hydrogens is 336 g/mol. The van der Waals surface area contributed by atoms with Gasteiger partial charge in [-0.3, -0.25) is 0 Å². The number of rotatable bonds is 4. The number of aryl methyl sites for hydroxylation is 1. The van der Waals surface area contributed by atoms with E-state index < -0.39 is 0 Å². The molecular formula is C18H18N4O2S. The summed E-state index contributed by atoms with van der Waals surface area (Å²) in [5.41, 5.74) is 1.69. The number of aliphatic imine (C=N–C) groups is 1. The lowest BCUT2D eigenvalue weighted by atomic mass is 10.2. The third-order valence-electron chi connectivity index (χ3n) is 3.58. The summed E-state index contributed by atoms with van der Waals surface area (Å²) in [6, 6.07) is 9.71. The standard InChI is InChI=1S/C18H18N4O2S/c1-11-13-16(19-10-22(2)3)20-15(12-8-6-5-7-9-12)21-17(13)25-14(11)18(23)24-4/h5-10H,1-4H3/b19-10+. The summed E-state index contributed by atoms with van der Waals surface area (Å²) >= 11 is 1.30. The van der Waals surface area contributed by atoms with Crippen LogP contribution in [0.2, 0.25) is 0 Å². The van der Waals surface area contributed by atoms with Crippen LogP contribution in [-0.2, 0) is 4.74 Å². The summed E-state index contributed by atoms with van der Waals surface area (Å²) in [6.45, 7) is 1.87. The second-order valence-corrected chi connectivity index (χ2v) is 6.67. The number of hydrogen-bond acceptors (Lipinski definition) is 6. The van der Waals surface area contributed by atoms with Gasteiger partial charge in [0, 0.05) is 19.7 Å². The van der Waals surface area contributed by atoms with Crippen LogP contribution in [0.4, 0.5) is 5.82 Å². The maximum Gasteiger partial charge on any atom is 0.348 e. The van der Waals surface area contributed by atoms with Crippen LogP contribution >= 0.6 is 11.3 Å². The summed E-state index contributed by atoms with van der Waals surface area (Å²) < 4.78 is 4.88. The summed E-state index contributed by atoms with van der Waals surface area (Å²) in [5, 5.41) is 0.781. The summed E-state index contributed by atoms with van der Waals surface area (Å²) in [6.07, 6.45) is 1.69. The van der Waals surface area contributed by atoms with Gasteiger partial charge < -0.3 is 9.64 Å². The fourth-order valence-corrected chi connectivity index (χ4v) is 3.48. The maximum atomic E-state index is 12.0. The number of methoxy groups -OCH3 is 1. The van der Waals surface area contributed by atoms with Crippen molar-refractivity contribution in [2.24, 2.45) is 4.99 Å². The molecule has 0 aliphatic rings. The Balaban J connectivity index is 2.27. The molecule has 0 radical (unpaired) electrons. The number of nitrogens with zero attached hydrogens (tertiary/aromatic N) is 4. The van der Waals surface area contributed by atoms with Crippen LogP contribution in [0.1, 0.15) is 15.2 Å². The molecule has 25 heavy (non-hydrogen) atoms. The average Bonchev–Trinajstić information content (AvgIpc) is 2.96. The van der Waals surface area contributed by atoms with E-state index in [1.165, 1.54) is 18.4 Å². The van der Waals surface area contributed by atoms with Crippen LogP contribution in [0, 0.1) is 6.92 Å². The van der Waals surface area contributed by atoms with E-state index in [0.717, 1.165) is 21.3 Å². The van der Waals surface area contributed by atoms with Gasteiger partial charge in [-0.2, -0.15) is 0 Å². The number of thiophene rings is 1. The Morgan fingerprint density at radius 3 is 2.60 bits per heavy atom. The summed E-state index contributed by atoms with van der Waals surface area (Å²) in [7, 11) is 5.15. The van der Waals surface area contributed by atoms with Crippen LogP contribution in [0.5, 0.6) is 0 Å². The zero-order valence-electron chi connectivity index (χ0n) is 14.5. The van der Waals surface area contributed by atoms with Gasteiger partial charge >= 0.3 is 5.97 Å². The lowest BCUT2D eigenvalue weighted by molar-refractivity contribution is 0.0605. The van der Waals surface area contributed by atoms with Crippen molar-refractivity contribution in [2.75, 3.05) is 21.2 Å². The SMILES string of the molecule is COC(=O)c1sc2nc(-c3ccccc3)nc(/N=C/N(C)C)c2c1C. The first-order valence-electron chi connectivity index (χ1n) is 7.66. The number of aromatic nitrogens is 2. The highest BCUT2D eigenvalue weighted by Gasteiger charge is 2.21. The van der Waals surface area contributed by atoms with Crippen molar-refractivity contribution in [3.05, 3.63) is 40.8 Å². The highest BCUT2D eigenvalue weighted by Crippen LogP contribution is 2.36.